The van der Waals surface area contributed by atoms with E-state index in [9.17, 15) is 5.11 Å². The number of aliphatic hydroxyl groups excluding tert-OH is 1. The molecule has 26 heavy (non-hydrogen) atoms. The maximum absolute atomic E-state index is 9.20. The molecule has 0 spiro atoms. The van der Waals surface area contributed by atoms with Gasteiger partial charge in [-0.25, -0.2) is 0 Å². The predicted octanol–water partition coefficient (Wildman–Crippen LogP) is 3.57. The van der Waals surface area contributed by atoms with Gasteiger partial charge in [-0.1, -0.05) is 60.7 Å². The SMILES string of the molecule is Cc1nn(CCO)c(C)c1CN[C@H](Cc1ccccc1)c1ccccc1. The topological polar surface area (TPSA) is 50.1 Å². The molecule has 0 aliphatic rings. The summed E-state index contributed by atoms with van der Waals surface area (Å²) in [6.07, 6.45) is 0.938. The highest BCUT2D eigenvalue weighted by atomic mass is 16.3. The van der Waals surface area contributed by atoms with Gasteiger partial charge in [0.1, 0.15) is 0 Å². The lowest BCUT2D eigenvalue weighted by Gasteiger charge is -2.20. The molecule has 4 heteroatoms. The van der Waals surface area contributed by atoms with E-state index in [-0.39, 0.29) is 12.6 Å². The van der Waals surface area contributed by atoms with E-state index in [1.165, 1.54) is 16.7 Å². The van der Waals surface area contributed by atoms with Gasteiger partial charge in [-0.3, -0.25) is 4.68 Å². The molecule has 0 amide bonds. The van der Waals surface area contributed by atoms with Crippen molar-refractivity contribution in [2.75, 3.05) is 6.61 Å². The minimum absolute atomic E-state index is 0.107. The van der Waals surface area contributed by atoms with Gasteiger partial charge in [0, 0.05) is 23.8 Å². The summed E-state index contributed by atoms with van der Waals surface area (Å²) >= 11 is 0. The fourth-order valence-electron chi connectivity index (χ4n) is 3.37. The molecule has 1 heterocycles. The molecule has 0 bridgehead atoms. The largest absolute Gasteiger partial charge is 0.394 e. The molecule has 1 aromatic heterocycles. The van der Waals surface area contributed by atoms with Crippen molar-refractivity contribution in [2.24, 2.45) is 0 Å². The molecule has 4 nitrogen and oxygen atoms in total. The number of rotatable bonds is 8. The molecule has 3 aromatic rings. The van der Waals surface area contributed by atoms with E-state index >= 15 is 0 Å². The molecule has 136 valence electrons. The summed E-state index contributed by atoms with van der Waals surface area (Å²) in [6, 6.07) is 21.4. The summed E-state index contributed by atoms with van der Waals surface area (Å²) in [5.41, 5.74) is 5.96. The van der Waals surface area contributed by atoms with Crippen molar-refractivity contribution < 1.29 is 5.11 Å². The summed E-state index contributed by atoms with van der Waals surface area (Å²) in [5.74, 6) is 0. The molecule has 0 aliphatic heterocycles. The molecule has 0 fully saturated rings. The van der Waals surface area contributed by atoms with Crippen molar-refractivity contribution in [1.29, 1.82) is 0 Å². The minimum atomic E-state index is 0.107. The van der Waals surface area contributed by atoms with Crippen LogP contribution in [-0.2, 0) is 19.5 Å². The fourth-order valence-corrected chi connectivity index (χ4v) is 3.37. The van der Waals surface area contributed by atoms with Crippen LogP contribution in [0.3, 0.4) is 0 Å². The molecule has 0 radical (unpaired) electrons. The Morgan fingerprint density at radius 2 is 1.65 bits per heavy atom. The van der Waals surface area contributed by atoms with Crippen LogP contribution in [0.2, 0.25) is 0 Å². The Kier molecular flexibility index (Phi) is 6.21. The van der Waals surface area contributed by atoms with Crippen molar-refractivity contribution in [3.63, 3.8) is 0 Å². The first-order valence-corrected chi connectivity index (χ1v) is 9.15. The number of aromatic nitrogens is 2. The van der Waals surface area contributed by atoms with Gasteiger partial charge in [0.15, 0.2) is 0 Å². The zero-order valence-corrected chi connectivity index (χ0v) is 15.5. The Labute approximate surface area is 155 Å². The third-order valence-corrected chi connectivity index (χ3v) is 4.85. The highest BCUT2D eigenvalue weighted by molar-refractivity contribution is 5.27. The van der Waals surface area contributed by atoms with Crippen molar-refractivity contribution in [2.45, 2.75) is 39.4 Å². The van der Waals surface area contributed by atoms with Crippen LogP contribution >= 0.6 is 0 Å². The first-order chi connectivity index (χ1) is 12.7. The number of aliphatic hydroxyl groups is 1. The van der Waals surface area contributed by atoms with Crippen LogP contribution in [-0.4, -0.2) is 21.5 Å². The van der Waals surface area contributed by atoms with E-state index in [2.05, 4.69) is 78.0 Å². The molecule has 0 aliphatic carbocycles. The van der Waals surface area contributed by atoms with Crippen LogP contribution in [0.25, 0.3) is 0 Å². The average molecular weight is 349 g/mol. The van der Waals surface area contributed by atoms with Crippen molar-refractivity contribution in [3.05, 3.63) is 88.7 Å². The zero-order valence-electron chi connectivity index (χ0n) is 15.5. The molecular weight excluding hydrogens is 322 g/mol. The van der Waals surface area contributed by atoms with Gasteiger partial charge in [0.25, 0.3) is 0 Å². The number of nitrogens with one attached hydrogen (secondary N) is 1. The minimum Gasteiger partial charge on any atom is -0.394 e. The Morgan fingerprint density at radius 1 is 1.00 bits per heavy atom. The zero-order chi connectivity index (χ0) is 18.4. The van der Waals surface area contributed by atoms with Gasteiger partial charge in [0.2, 0.25) is 0 Å². The van der Waals surface area contributed by atoms with E-state index in [0.717, 1.165) is 24.4 Å². The first-order valence-electron chi connectivity index (χ1n) is 9.15. The van der Waals surface area contributed by atoms with Gasteiger partial charge >= 0.3 is 0 Å². The van der Waals surface area contributed by atoms with Crippen LogP contribution in [0, 0.1) is 13.8 Å². The Balaban J connectivity index is 1.78. The summed E-state index contributed by atoms with van der Waals surface area (Å²) in [7, 11) is 0. The lowest BCUT2D eigenvalue weighted by Crippen LogP contribution is -2.23. The predicted molar refractivity (Wildman–Crippen MR) is 105 cm³/mol. The normalized spacial score (nSPS) is 12.3. The molecule has 0 unspecified atom stereocenters. The monoisotopic (exact) mass is 349 g/mol. The van der Waals surface area contributed by atoms with Gasteiger partial charge in [-0.15, -0.1) is 0 Å². The molecule has 1 atom stereocenters. The molecule has 0 saturated heterocycles. The fraction of sp³-hybridized carbons (Fsp3) is 0.318. The van der Waals surface area contributed by atoms with E-state index in [1.807, 2.05) is 11.6 Å². The number of nitrogens with zero attached hydrogens (tertiary/aromatic N) is 2. The molecular formula is C22H27N3O. The molecule has 2 aromatic carbocycles. The van der Waals surface area contributed by atoms with Gasteiger partial charge < -0.3 is 10.4 Å². The van der Waals surface area contributed by atoms with E-state index in [0.29, 0.717) is 6.54 Å². The van der Waals surface area contributed by atoms with E-state index < -0.39 is 0 Å². The number of hydrogen-bond acceptors (Lipinski definition) is 3. The van der Waals surface area contributed by atoms with Crippen LogP contribution in [0.15, 0.2) is 60.7 Å². The second kappa shape index (κ2) is 8.79. The van der Waals surface area contributed by atoms with Gasteiger partial charge in [-0.2, -0.15) is 5.10 Å². The summed E-state index contributed by atoms with van der Waals surface area (Å²) < 4.78 is 1.89. The molecule has 3 rings (SSSR count). The third-order valence-electron chi connectivity index (χ3n) is 4.85. The molecule has 2 N–H and O–H groups in total. The van der Waals surface area contributed by atoms with Crippen LogP contribution in [0.4, 0.5) is 0 Å². The lowest BCUT2D eigenvalue weighted by atomic mass is 9.98. The highest BCUT2D eigenvalue weighted by Gasteiger charge is 2.15. The van der Waals surface area contributed by atoms with E-state index in [1.54, 1.807) is 0 Å². The lowest BCUT2D eigenvalue weighted by molar-refractivity contribution is 0.267. The van der Waals surface area contributed by atoms with Gasteiger partial charge in [0.05, 0.1) is 18.8 Å². The maximum atomic E-state index is 9.20. The number of benzene rings is 2. The Hall–Kier alpha value is -2.43. The Morgan fingerprint density at radius 3 is 2.31 bits per heavy atom. The van der Waals surface area contributed by atoms with Crippen molar-refractivity contribution >= 4 is 0 Å². The van der Waals surface area contributed by atoms with Gasteiger partial charge in [-0.05, 0) is 31.4 Å². The highest BCUT2D eigenvalue weighted by Crippen LogP contribution is 2.20. The average Bonchev–Trinajstić information content (AvgIpc) is 2.94. The summed E-state index contributed by atoms with van der Waals surface area (Å²) in [4.78, 5) is 0. The smallest absolute Gasteiger partial charge is 0.0644 e. The second-order valence-electron chi connectivity index (χ2n) is 6.63. The van der Waals surface area contributed by atoms with E-state index in [4.69, 9.17) is 0 Å². The van der Waals surface area contributed by atoms with Crippen LogP contribution < -0.4 is 5.32 Å². The Bertz CT molecular complexity index is 812. The standard InChI is InChI=1S/C22H27N3O/c1-17-21(18(2)25(24-17)13-14-26)16-23-22(20-11-7-4-8-12-20)15-19-9-5-3-6-10-19/h3-12,22-23,26H,13-16H2,1-2H3/t22-/m1/s1. The first kappa shape index (κ1) is 18.4. The number of hydrogen-bond donors (Lipinski definition) is 2. The maximum Gasteiger partial charge on any atom is 0.0644 e. The second-order valence-corrected chi connectivity index (χ2v) is 6.63. The summed E-state index contributed by atoms with van der Waals surface area (Å²) in [6.45, 7) is 5.51. The van der Waals surface area contributed by atoms with Crippen molar-refractivity contribution in [1.82, 2.24) is 15.1 Å². The third kappa shape index (κ3) is 4.40. The van der Waals surface area contributed by atoms with Crippen LogP contribution in [0.5, 0.6) is 0 Å². The quantitative estimate of drug-likeness (QED) is 0.654. The van der Waals surface area contributed by atoms with Crippen molar-refractivity contribution in [3.8, 4) is 0 Å². The number of aryl methyl sites for hydroxylation is 1. The summed E-state index contributed by atoms with van der Waals surface area (Å²) in [5, 5.41) is 17.5. The molecule has 0 saturated carbocycles. The van der Waals surface area contributed by atoms with Crippen LogP contribution in [0.1, 0.15) is 34.1 Å².